The van der Waals surface area contributed by atoms with Gasteiger partial charge in [0.1, 0.15) is 10.6 Å². The Morgan fingerprint density at radius 3 is 2.45 bits per heavy atom. The summed E-state index contributed by atoms with van der Waals surface area (Å²) in [6.07, 6.45) is 0. The maximum atomic E-state index is 12.5. The number of nitrogens with two attached hydrogens (primary N) is 1. The smallest absolute Gasteiger partial charge is 0.250 e. The van der Waals surface area contributed by atoms with E-state index in [1.54, 1.807) is 0 Å². The van der Waals surface area contributed by atoms with Crippen molar-refractivity contribution < 1.29 is 22.7 Å². The molecule has 2 aromatic rings. The number of hydrogen-bond acceptors (Lipinski definition) is 6. The lowest BCUT2D eigenvalue weighted by atomic mass is 10.1. The molecule has 2 aromatic carbocycles. The zero-order valence-electron chi connectivity index (χ0n) is 16.0. The number of primary amides is 1. The fourth-order valence-corrected chi connectivity index (χ4v) is 3.66. The number of methoxy groups -OCH3 is 1. The van der Waals surface area contributed by atoms with Crippen molar-refractivity contribution in [3.8, 4) is 5.75 Å². The van der Waals surface area contributed by atoms with Crippen LogP contribution >= 0.6 is 11.6 Å². The van der Waals surface area contributed by atoms with Crippen molar-refractivity contribution in [3.63, 3.8) is 0 Å². The molecule has 0 aliphatic heterocycles. The van der Waals surface area contributed by atoms with E-state index in [-0.39, 0.29) is 28.4 Å². The van der Waals surface area contributed by atoms with Crippen LogP contribution in [0.2, 0.25) is 5.02 Å². The summed E-state index contributed by atoms with van der Waals surface area (Å²) < 4.78 is 31.1. The standard InChI is InChI=1S/C18H21ClN4O5S/c1-23(2)29(26,27)16-9-12(5-7-15(16)28-3)22-17(24)10-21-14-8-11(19)4-6-13(14)18(20)25/h4-9,21H,10H2,1-3H3,(H2,20,25)(H,22,24). The van der Waals surface area contributed by atoms with Gasteiger partial charge in [-0.05, 0) is 36.4 Å². The van der Waals surface area contributed by atoms with Crippen LogP contribution in [0.1, 0.15) is 10.4 Å². The Morgan fingerprint density at radius 1 is 1.17 bits per heavy atom. The average Bonchev–Trinajstić information content (AvgIpc) is 2.66. The number of amides is 2. The number of nitrogens with zero attached hydrogens (tertiary/aromatic N) is 1. The Bertz CT molecular complexity index is 1040. The van der Waals surface area contributed by atoms with Crippen molar-refractivity contribution in [2.24, 2.45) is 5.73 Å². The summed E-state index contributed by atoms with van der Waals surface area (Å²) in [4.78, 5) is 23.7. The van der Waals surface area contributed by atoms with Crippen LogP contribution in [0.25, 0.3) is 0 Å². The zero-order valence-corrected chi connectivity index (χ0v) is 17.6. The highest BCUT2D eigenvalue weighted by Gasteiger charge is 2.23. The number of hydrogen-bond donors (Lipinski definition) is 3. The number of nitrogens with one attached hydrogen (secondary N) is 2. The van der Waals surface area contributed by atoms with Crippen LogP contribution in [0, 0.1) is 0 Å². The van der Waals surface area contributed by atoms with E-state index in [0.717, 1.165) is 4.31 Å². The van der Waals surface area contributed by atoms with Crippen LogP contribution in [0.3, 0.4) is 0 Å². The third-order valence-electron chi connectivity index (χ3n) is 3.89. The van der Waals surface area contributed by atoms with Gasteiger partial charge in [-0.25, -0.2) is 12.7 Å². The predicted molar refractivity (Wildman–Crippen MR) is 111 cm³/mol. The predicted octanol–water partition coefficient (Wildman–Crippen LogP) is 1.75. The van der Waals surface area contributed by atoms with Crippen LogP contribution in [-0.2, 0) is 14.8 Å². The normalized spacial score (nSPS) is 11.2. The number of rotatable bonds is 8. The van der Waals surface area contributed by atoms with Gasteiger partial charge < -0.3 is 21.1 Å². The van der Waals surface area contributed by atoms with Gasteiger partial charge in [-0.1, -0.05) is 11.6 Å². The van der Waals surface area contributed by atoms with E-state index in [2.05, 4.69) is 10.6 Å². The largest absolute Gasteiger partial charge is 0.495 e. The van der Waals surface area contributed by atoms with Gasteiger partial charge in [-0.15, -0.1) is 0 Å². The second kappa shape index (κ2) is 9.12. The zero-order chi connectivity index (χ0) is 21.8. The summed E-state index contributed by atoms with van der Waals surface area (Å²) in [7, 11) is 0.365. The van der Waals surface area contributed by atoms with E-state index in [4.69, 9.17) is 22.1 Å². The molecule has 2 rings (SSSR count). The average molecular weight is 441 g/mol. The minimum atomic E-state index is -3.78. The Hall–Kier alpha value is -2.82. The number of halogens is 1. The molecular weight excluding hydrogens is 420 g/mol. The summed E-state index contributed by atoms with van der Waals surface area (Å²) in [5.41, 5.74) is 6.07. The molecular formula is C18H21ClN4O5S. The number of benzene rings is 2. The molecule has 9 nitrogen and oxygen atoms in total. The van der Waals surface area contributed by atoms with Gasteiger partial charge in [0.15, 0.2) is 0 Å². The van der Waals surface area contributed by atoms with Crippen LogP contribution in [0.5, 0.6) is 5.75 Å². The Balaban J connectivity index is 2.18. The van der Waals surface area contributed by atoms with Gasteiger partial charge in [0.05, 0.1) is 19.2 Å². The number of carbonyl (C=O) groups is 2. The molecule has 0 atom stereocenters. The minimum Gasteiger partial charge on any atom is -0.495 e. The van der Waals surface area contributed by atoms with Crippen LogP contribution < -0.4 is 21.1 Å². The van der Waals surface area contributed by atoms with E-state index in [1.807, 2.05) is 0 Å². The number of carbonyl (C=O) groups excluding carboxylic acids is 2. The lowest BCUT2D eigenvalue weighted by molar-refractivity contribution is -0.114. The number of ether oxygens (including phenoxy) is 1. The maximum absolute atomic E-state index is 12.5. The topological polar surface area (TPSA) is 131 Å². The SMILES string of the molecule is COc1ccc(NC(=O)CNc2cc(Cl)ccc2C(N)=O)cc1S(=O)(=O)N(C)C. The second-order valence-corrected chi connectivity index (χ2v) is 8.67. The van der Waals surface area contributed by atoms with E-state index in [1.165, 1.54) is 57.6 Å². The van der Waals surface area contributed by atoms with Crippen LogP contribution in [-0.4, -0.2) is 52.3 Å². The molecule has 4 N–H and O–H groups in total. The van der Waals surface area contributed by atoms with E-state index in [0.29, 0.717) is 10.7 Å². The monoisotopic (exact) mass is 440 g/mol. The summed E-state index contributed by atoms with van der Waals surface area (Å²) in [5.74, 6) is -0.989. The molecule has 0 heterocycles. The molecule has 0 aromatic heterocycles. The molecule has 0 saturated heterocycles. The summed E-state index contributed by atoms with van der Waals surface area (Å²) in [6, 6.07) is 8.70. The van der Waals surface area contributed by atoms with Crippen molar-refractivity contribution >= 4 is 44.8 Å². The summed E-state index contributed by atoms with van der Waals surface area (Å²) in [5, 5.41) is 5.75. The van der Waals surface area contributed by atoms with Gasteiger partial charge in [-0.3, -0.25) is 9.59 Å². The third kappa shape index (κ3) is 5.37. The highest BCUT2D eigenvalue weighted by atomic mass is 35.5. The Kier molecular flexibility index (Phi) is 7.07. The summed E-state index contributed by atoms with van der Waals surface area (Å²) in [6.45, 7) is -0.206. The highest BCUT2D eigenvalue weighted by Crippen LogP contribution is 2.29. The van der Waals surface area contributed by atoms with E-state index in [9.17, 15) is 18.0 Å². The molecule has 0 unspecified atom stereocenters. The number of anilines is 2. The van der Waals surface area contributed by atoms with Crippen LogP contribution in [0.15, 0.2) is 41.3 Å². The maximum Gasteiger partial charge on any atom is 0.250 e. The highest BCUT2D eigenvalue weighted by molar-refractivity contribution is 7.89. The van der Waals surface area contributed by atoms with Crippen molar-refractivity contribution in [2.45, 2.75) is 4.90 Å². The summed E-state index contributed by atoms with van der Waals surface area (Å²) >= 11 is 5.92. The Labute approximate surface area is 173 Å². The van der Waals surface area contributed by atoms with Crippen molar-refractivity contribution in [3.05, 3.63) is 47.0 Å². The third-order valence-corrected chi connectivity index (χ3v) is 5.96. The van der Waals surface area contributed by atoms with Gasteiger partial charge in [0, 0.05) is 30.5 Å². The first-order chi connectivity index (χ1) is 13.6. The molecule has 11 heteroatoms. The lowest BCUT2D eigenvalue weighted by Gasteiger charge is -2.16. The van der Waals surface area contributed by atoms with E-state index >= 15 is 0 Å². The second-order valence-electron chi connectivity index (χ2n) is 6.11. The molecule has 0 radical (unpaired) electrons. The van der Waals surface area contributed by atoms with Gasteiger partial charge in [0.25, 0.3) is 5.91 Å². The minimum absolute atomic E-state index is 0.0818. The van der Waals surface area contributed by atoms with Crippen LogP contribution in [0.4, 0.5) is 11.4 Å². The first kappa shape index (κ1) is 22.5. The molecule has 156 valence electrons. The van der Waals surface area contributed by atoms with Gasteiger partial charge in [0.2, 0.25) is 15.9 Å². The fourth-order valence-electron chi connectivity index (χ4n) is 2.41. The van der Waals surface area contributed by atoms with E-state index < -0.39 is 21.8 Å². The van der Waals surface area contributed by atoms with Gasteiger partial charge >= 0.3 is 0 Å². The van der Waals surface area contributed by atoms with Crippen molar-refractivity contribution in [2.75, 3.05) is 38.4 Å². The molecule has 2 amide bonds. The molecule has 29 heavy (non-hydrogen) atoms. The van der Waals surface area contributed by atoms with Crippen molar-refractivity contribution in [1.29, 1.82) is 0 Å². The molecule has 0 aliphatic rings. The first-order valence-electron chi connectivity index (χ1n) is 8.30. The molecule has 0 fully saturated rings. The lowest BCUT2D eigenvalue weighted by Crippen LogP contribution is -2.25. The quantitative estimate of drug-likeness (QED) is 0.573. The fraction of sp³-hybridized carbons (Fsp3) is 0.222. The molecule has 0 bridgehead atoms. The van der Waals surface area contributed by atoms with Crippen molar-refractivity contribution in [1.82, 2.24) is 4.31 Å². The molecule has 0 spiro atoms. The molecule has 0 aliphatic carbocycles. The molecule has 0 saturated carbocycles. The van der Waals surface area contributed by atoms with Gasteiger partial charge in [-0.2, -0.15) is 0 Å². The Morgan fingerprint density at radius 2 is 1.86 bits per heavy atom. The first-order valence-corrected chi connectivity index (χ1v) is 10.1. The number of sulfonamides is 1.